The van der Waals surface area contributed by atoms with Crippen LogP contribution in [0.3, 0.4) is 0 Å². The standard InChI is InChI=1S/C16H25NO/c1-5-9-15(14-10-7-6-8-11-14)16(18)17-13(4)12(2)3/h6-8,10-13,15H,5,9H2,1-4H3,(H,17,18). The maximum Gasteiger partial charge on any atom is 0.227 e. The Labute approximate surface area is 111 Å². The summed E-state index contributed by atoms with van der Waals surface area (Å²) in [6.07, 6.45) is 1.92. The number of hydrogen-bond acceptors (Lipinski definition) is 1. The van der Waals surface area contributed by atoms with Gasteiger partial charge in [0.2, 0.25) is 5.91 Å². The van der Waals surface area contributed by atoms with Gasteiger partial charge in [0.1, 0.15) is 0 Å². The first-order chi connectivity index (χ1) is 8.56. The fourth-order valence-electron chi connectivity index (χ4n) is 1.91. The average molecular weight is 247 g/mol. The van der Waals surface area contributed by atoms with Crippen molar-refractivity contribution in [1.29, 1.82) is 0 Å². The summed E-state index contributed by atoms with van der Waals surface area (Å²) in [5.41, 5.74) is 1.12. The van der Waals surface area contributed by atoms with E-state index in [1.54, 1.807) is 0 Å². The molecule has 1 aromatic rings. The van der Waals surface area contributed by atoms with Crippen LogP contribution in [-0.2, 0) is 4.79 Å². The van der Waals surface area contributed by atoms with Crippen molar-refractivity contribution < 1.29 is 4.79 Å². The Hall–Kier alpha value is -1.31. The molecule has 0 bridgehead atoms. The maximum absolute atomic E-state index is 12.3. The number of carbonyl (C=O) groups excluding carboxylic acids is 1. The van der Waals surface area contributed by atoms with Gasteiger partial charge in [-0.15, -0.1) is 0 Å². The molecule has 0 aliphatic rings. The van der Waals surface area contributed by atoms with Crippen molar-refractivity contribution in [1.82, 2.24) is 5.32 Å². The summed E-state index contributed by atoms with van der Waals surface area (Å²) in [6.45, 7) is 8.44. The molecule has 0 aliphatic heterocycles. The van der Waals surface area contributed by atoms with Crippen LogP contribution in [-0.4, -0.2) is 11.9 Å². The second-order valence-electron chi connectivity index (χ2n) is 5.29. The van der Waals surface area contributed by atoms with E-state index in [1.165, 1.54) is 0 Å². The second-order valence-corrected chi connectivity index (χ2v) is 5.29. The van der Waals surface area contributed by atoms with E-state index in [2.05, 4.69) is 33.0 Å². The molecule has 0 aromatic heterocycles. The molecule has 1 aromatic carbocycles. The van der Waals surface area contributed by atoms with Crippen LogP contribution in [0.25, 0.3) is 0 Å². The van der Waals surface area contributed by atoms with Crippen LogP contribution in [0.5, 0.6) is 0 Å². The van der Waals surface area contributed by atoms with Crippen LogP contribution in [0.1, 0.15) is 52.0 Å². The number of carbonyl (C=O) groups is 1. The lowest BCUT2D eigenvalue weighted by Crippen LogP contribution is -2.39. The number of amides is 1. The zero-order valence-corrected chi connectivity index (χ0v) is 11.9. The quantitative estimate of drug-likeness (QED) is 0.815. The van der Waals surface area contributed by atoms with E-state index in [9.17, 15) is 4.79 Å². The molecule has 0 heterocycles. The molecule has 100 valence electrons. The highest BCUT2D eigenvalue weighted by Crippen LogP contribution is 2.21. The SMILES string of the molecule is CCCC(C(=O)NC(C)C(C)C)c1ccccc1. The summed E-state index contributed by atoms with van der Waals surface area (Å²) in [6, 6.07) is 10.3. The van der Waals surface area contributed by atoms with Crippen molar-refractivity contribution in [3.63, 3.8) is 0 Å². The lowest BCUT2D eigenvalue weighted by atomic mass is 9.93. The Morgan fingerprint density at radius 2 is 1.78 bits per heavy atom. The summed E-state index contributed by atoms with van der Waals surface area (Å²) in [5, 5.41) is 3.12. The predicted octanol–water partition coefficient (Wildman–Crippen LogP) is 3.73. The smallest absolute Gasteiger partial charge is 0.227 e. The minimum Gasteiger partial charge on any atom is -0.353 e. The molecule has 0 saturated carbocycles. The highest BCUT2D eigenvalue weighted by molar-refractivity contribution is 5.83. The zero-order valence-electron chi connectivity index (χ0n) is 11.9. The van der Waals surface area contributed by atoms with Gasteiger partial charge in [0.05, 0.1) is 5.92 Å². The molecule has 0 fully saturated rings. The fourth-order valence-corrected chi connectivity index (χ4v) is 1.91. The Morgan fingerprint density at radius 1 is 1.17 bits per heavy atom. The van der Waals surface area contributed by atoms with Crippen LogP contribution >= 0.6 is 0 Å². The molecule has 2 nitrogen and oxygen atoms in total. The third kappa shape index (κ3) is 4.17. The lowest BCUT2D eigenvalue weighted by molar-refractivity contribution is -0.123. The Balaban J connectivity index is 2.76. The number of benzene rings is 1. The number of rotatable bonds is 6. The molecule has 0 aliphatic carbocycles. The summed E-state index contributed by atoms with van der Waals surface area (Å²) in [4.78, 5) is 12.3. The maximum atomic E-state index is 12.3. The molecule has 2 heteroatoms. The number of hydrogen-bond donors (Lipinski definition) is 1. The van der Waals surface area contributed by atoms with Gasteiger partial charge in [0, 0.05) is 6.04 Å². The van der Waals surface area contributed by atoms with E-state index in [4.69, 9.17) is 0 Å². The first-order valence-corrected chi connectivity index (χ1v) is 6.91. The van der Waals surface area contributed by atoms with E-state index in [0.29, 0.717) is 5.92 Å². The van der Waals surface area contributed by atoms with Crippen LogP contribution in [0, 0.1) is 5.92 Å². The van der Waals surface area contributed by atoms with E-state index < -0.39 is 0 Å². The molecule has 1 N–H and O–H groups in total. The summed E-state index contributed by atoms with van der Waals surface area (Å²) in [5.74, 6) is 0.605. The molecule has 1 rings (SSSR count). The highest BCUT2D eigenvalue weighted by atomic mass is 16.1. The molecule has 2 unspecified atom stereocenters. The van der Waals surface area contributed by atoms with Gasteiger partial charge in [0.15, 0.2) is 0 Å². The van der Waals surface area contributed by atoms with Crippen molar-refractivity contribution in [3.05, 3.63) is 35.9 Å². The lowest BCUT2D eigenvalue weighted by Gasteiger charge is -2.22. The van der Waals surface area contributed by atoms with E-state index in [0.717, 1.165) is 18.4 Å². The Morgan fingerprint density at radius 3 is 2.28 bits per heavy atom. The Bertz CT molecular complexity index is 359. The first kappa shape index (κ1) is 14.7. The molecule has 0 saturated heterocycles. The van der Waals surface area contributed by atoms with Crippen molar-refractivity contribution in [2.75, 3.05) is 0 Å². The minimum absolute atomic E-state index is 0.0163. The van der Waals surface area contributed by atoms with Crippen LogP contribution in [0.2, 0.25) is 0 Å². The van der Waals surface area contributed by atoms with Crippen LogP contribution in [0.15, 0.2) is 30.3 Å². The van der Waals surface area contributed by atoms with Crippen molar-refractivity contribution in [2.45, 2.75) is 52.5 Å². The van der Waals surface area contributed by atoms with E-state index in [1.807, 2.05) is 30.3 Å². The van der Waals surface area contributed by atoms with Gasteiger partial charge in [-0.2, -0.15) is 0 Å². The molecule has 0 radical (unpaired) electrons. The van der Waals surface area contributed by atoms with Crippen LogP contribution < -0.4 is 5.32 Å². The van der Waals surface area contributed by atoms with Crippen molar-refractivity contribution >= 4 is 5.91 Å². The monoisotopic (exact) mass is 247 g/mol. The average Bonchev–Trinajstić information content (AvgIpc) is 2.36. The molecule has 18 heavy (non-hydrogen) atoms. The summed E-state index contributed by atoms with van der Waals surface area (Å²) in [7, 11) is 0. The third-order valence-corrected chi connectivity index (χ3v) is 3.47. The Kier molecular flexibility index (Phi) is 5.90. The molecule has 2 atom stereocenters. The van der Waals surface area contributed by atoms with Gasteiger partial charge in [-0.1, -0.05) is 57.5 Å². The normalized spacial score (nSPS) is 14.3. The molecular formula is C16H25NO. The van der Waals surface area contributed by atoms with Gasteiger partial charge in [0.25, 0.3) is 0 Å². The number of nitrogens with one attached hydrogen (secondary N) is 1. The van der Waals surface area contributed by atoms with Crippen molar-refractivity contribution in [2.24, 2.45) is 5.92 Å². The van der Waals surface area contributed by atoms with Gasteiger partial charge < -0.3 is 5.32 Å². The van der Waals surface area contributed by atoms with Gasteiger partial charge >= 0.3 is 0 Å². The highest BCUT2D eigenvalue weighted by Gasteiger charge is 2.21. The van der Waals surface area contributed by atoms with E-state index >= 15 is 0 Å². The summed E-state index contributed by atoms with van der Waals surface area (Å²) < 4.78 is 0. The van der Waals surface area contributed by atoms with Crippen molar-refractivity contribution in [3.8, 4) is 0 Å². The summed E-state index contributed by atoms with van der Waals surface area (Å²) >= 11 is 0. The van der Waals surface area contributed by atoms with Gasteiger partial charge in [-0.05, 0) is 24.8 Å². The first-order valence-electron chi connectivity index (χ1n) is 6.91. The van der Waals surface area contributed by atoms with E-state index in [-0.39, 0.29) is 17.9 Å². The molecular weight excluding hydrogens is 222 g/mol. The largest absolute Gasteiger partial charge is 0.353 e. The molecule has 0 spiro atoms. The third-order valence-electron chi connectivity index (χ3n) is 3.47. The predicted molar refractivity (Wildman–Crippen MR) is 76.5 cm³/mol. The zero-order chi connectivity index (χ0) is 13.5. The topological polar surface area (TPSA) is 29.1 Å². The fraction of sp³-hybridized carbons (Fsp3) is 0.562. The van der Waals surface area contributed by atoms with Crippen LogP contribution in [0.4, 0.5) is 0 Å². The molecule has 1 amide bonds. The van der Waals surface area contributed by atoms with Gasteiger partial charge in [-0.3, -0.25) is 4.79 Å². The van der Waals surface area contributed by atoms with Gasteiger partial charge in [-0.25, -0.2) is 0 Å². The second kappa shape index (κ2) is 7.20. The minimum atomic E-state index is -0.0163.